The summed E-state index contributed by atoms with van der Waals surface area (Å²) in [4.78, 5) is 19.9. The minimum atomic E-state index is -0.384. The van der Waals surface area contributed by atoms with Crippen LogP contribution in [-0.4, -0.2) is 20.2 Å². The van der Waals surface area contributed by atoms with Gasteiger partial charge >= 0.3 is 0 Å². The third-order valence-corrected chi connectivity index (χ3v) is 4.72. The second-order valence-corrected chi connectivity index (χ2v) is 6.40. The molecule has 3 aromatic heterocycles. The van der Waals surface area contributed by atoms with Gasteiger partial charge in [0.25, 0.3) is 0 Å². The lowest BCUT2D eigenvalue weighted by atomic mass is 10.0. The number of ketones is 1. The summed E-state index contributed by atoms with van der Waals surface area (Å²) in [6, 6.07) is 12.1. The summed E-state index contributed by atoms with van der Waals surface area (Å²) in [6.07, 6.45) is 5.79. The number of aromatic amines is 1. The van der Waals surface area contributed by atoms with Crippen LogP contribution < -0.4 is 0 Å². The Hall–Kier alpha value is -2.92. The highest BCUT2D eigenvalue weighted by molar-refractivity contribution is 6.31. The van der Waals surface area contributed by atoms with E-state index in [1.54, 1.807) is 30.6 Å². The summed E-state index contributed by atoms with van der Waals surface area (Å²) in [5.74, 6) is -0.452. The number of rotatable bonds is 5. The van der Waals surface area contributed by atoms with Gasteiger partial charge in [-0.05, 0) is 36.8 Å². The molecule has 0 unspecified atom stereocenters. The number of benzene rings is 1. The summed E-state index contributed by atoms with van der Waals surface area (Å²) in [6.45, 7) is 0. The second-order valence-electron chi connectivity index (χ2n) is 6.00. The van der Waals surface area contributed by atoms with Crippen LogP contribution in [0, 0.1) is 5.82 Å². The number of pyridine rings is 1. The van der Waals surface area contributed by atoms with Crippen LogP contribution in [0.15, 0.2) is 61.1 Å². The predicted octanol–water partition coefficient (Wildman–Crippen LogP) is 4.94. The fourth-order valence-electron chi connectivity index (χ4n) is 2.99. The van der Waals surface area contributed by atoms with Gasteiger partial charge in [-0.3, -0.25) is 9.20 Å². The fraction of sp³-hybridized carbons (Fsp3) is 0.100. The van der Waals surface area contributed by atoms with E-state index in [1.165, 1.54) is 6.07 Å². The highest BCUT2D eigenvalue weighted by Crippen LogP contribution is 2.23. The maximum Gasteiger partial charge on any atom is 0.164 e. The Bertz CT molecular complexity index is 1080. The zero-order chi connectivity index (χ0) is 18.1. The number of hydrogen-bond acceptors (Lipinski definition) is 2. The van der Waals surface area contributed by atoms with Crippen molar-refractivity contribution in [2.24, 2.45) is 0 Å². The van der Waals surface area contributed by atoms with Crippen LogP contribution in [0.25, 0.3) is 17.0 Å². The maximum atomic E-state index is 13.8. The van der Waals surface area contributed by atoms with Gasteiger partial charge in [-0.2, -0.15) is 0 Å². The van der Waals surface area contributed by atoms with E-state index in [0.717, 1.165) is 17.0 Å². The quantitative estimate of drug-likeness (QED) is 0.508. The average Bonchev–Trinajstić information content (AvgIpc) is 3.28. The van der Waals surface area contributed by atoms with Gasteiger partial charge in [0.1, 0.15) is 11.5 Å². The number of aromatic nitrogens is 3. The standard InChI is InChI=1S/C20H15ClFN3O/c21-15-4-3-5-16(22)14(15)7-8-19(26)13-10-17(23-11-13)18-12-24-20-6-1-2-9-25(18)20/h1-6,9-12,23H,7-8H2. The molecule has 1 N–H and O–H groups in total. The van der Waals surface area contributed by atoms with Crippen molar-refractivity contribution >= 4 is 23.0 Å². The largest absolute Gasteiger partial charge is 0.359 e. The molecule has 0 fully saturated rings. The van der Waals surface area contributed by atoms with Crippen LogP contribution >= 0.6 is 11.6 Å². The van der Waals surface area contributed by atoms with E-state index >= 15 is 0 Å². The lowest BCUT2D eigenvalue weighted by Gasteiger charge is -2.04. The molecule has 0 saturated heterocycles. The molecule has 6 heteroatoms. The number of imidazole rings is 1. The third kappa shape index (κ3) is 3.02. The molecule has 4 aromatic rings. The smallest absolute Gasteiger partial charge is 0.164 e. The van der Waals surface area contributed by atoms with Crippen LogP contribution in [0.2, 0.25) is 5.02 Å². The summed E-state index contributed by atoms with van der Waals surface area (Å²) in [7, 11) is 0. The fourth-order valence-corrected chi connectivity index (χ4v) is 3.25. The minimum absolute atomic E-state index is 0.0689. The molecule has 0 aliphatic carbocycles. The first-order valence-electron chi connectivity index (χ1n) is 8.20. The molecule has 4 rings (SSSR count). The van der Waals surface area contributed by atoms with E-state index in [-0.39, 0.29) is 24.4 Å². The van der Waals surface area contributed by atoms with Gasteiger partial charge in [-0.15, -0.1) is 0 Å². The number of fused-ring (bicyclic) bond motifs is 1. The molecule has 1 aromatic carbocycles. The summed E-state index contributed by atoms with van der Waals surface area (Å²) in [5, 5.41) is 0.346. The van der Waals surface area contributed by atoms with Crippen molar-refractivity contribution in [1.29, 1.82) is 0 Å². The minimum Gasteiger partial charge on any atom is -0.359 e. The topological polar surface area (TPSA) is 50.2 Å². The van der Waals surface area contributed by atoms with Gasteiger partial charge in [0.15, 0.2) is 5.78 Å². The number of nitrogens with zero attached hydrogens (tertiary/aromatic N) is 2. The van der Waals surface area contributed by atoms with Gasteiger partial charge in [-0.1, -0.05) is 23.7 Å². The molecule has 0 radical (unpaired) electrons. The van der Waals surface area contributed by atoms with E-state index in [0.29, 0.717) is 16.1 Å². The van der Waals surface area contributed by atoms with Gasteiger partial charge in [0.05, 0.1) is 17.6 Å². The SMILES string of the molecule is O=C(CCc1c(F)cccc1Cl)c1c[nH]c(-c2cnc3ccccn23)c1. The Labute approximate surface area is 154 Å². The number of carbonyl (C=O) groups excluding carboxylic acids is 1. The third-order valence-electron chi connectivity index (χ3n) is 4.36. The summed E-state index contributed by atoms with van der Waals surface area (Å²) < 4.78 is 15.8. The van der Waals surface area contributed by atoms with Crippen LogP contribution in [0.1, 0.15) is 22.3 Å². The molecule has 0 saturated carbocycles. The summed E-state index contributed by atoms with van der Waals surface area (Å²) >= 11 is 6.02. The molecule has 4 nitrogen and oxygen atoms in total. The van der Waals surface area contributed by atoms with Gasteiger partial charge in [-0.25, -0.2) is 9.37 Å². The van der Waals surface area contributed by atoms with Crippen molar-refractivity contribution in [3.05, 3.63) is 83.0 Å². The zero-order valence-electron chi connectivity index (χ0n) is 13.7. The first kappa shape index (κ1) is 16.5. The number of H-pyrrole nitrogens is 1. The zero-order valence-corrected chi connectivity index (χ0v) is 14.5. The normalized spacial score (nSPS) is 11.2. The van der Waals surface area contributed by atoms with Crippen LogP contribution in [0.4, 0.5) is 4.39 Å². The van der Waals surface area contributed by atoms with Crippen LogP contribution in [0.3, 0.4) is 0 Å². The molecule has 0 aliphatic heterocycles. The molecule has 26 heavy (non-hydrogen) atoms. The Balaban J connectivity index is 1.53. The van der Waals surface area contributed by atoms with E-state index < -0.39 is 0 Å². The molecule has 130 valence electrons. The molecule has 0 aliphatic rings. The molecule has 0 amide bonds. The molecule has 3 heterocycles. The first-order valence-corrected chi connectivity index (χ1v) is 8.58. The Morgan fingerprint density at radius 3 is 2.96 bits per heavy atom. The van der Waals surface area contributed by atoms with Crippen LogP contribution in [-0.2, 0) is 6.42 Å². The number of nitrogens with one attached hydrogen (secondary N) is 1. The number of halogens is 2. The van der Waals surface area contributed by atoms with Crippen molar-refractivity contribution in [3.8, 4) is 11.4 Å². The second kappa shape index (κ2) is 6.77. The number of Topliss-reactive ketones (excluding diaryl/α,β-unsaturated/α-hetero) is 1. The van der Waals surface area contributed by atoms with Crippen molar-refractivity contribution in [3.63, 3.8) is 0 Å². The van der Waals surface area contributed by atoms with Gasteiger partial charge < -0.3 is 4.98 Å². The van der Waals surface area contributed by atoms with Crippen molar-refractivity contribution in [2.75, 3.05) is 0 Å². The first-order chi connectivity index (χ1) is 12.6. The number of hydrogen-bond donors (Lipinski definition) is 1. The van der Waals surface area contributed by atoms with Crippen molar-refractivity contribution < 1.29 is 9.18 Å². The highest BCUT2D eigenvalue weighted by atomic mass is 35.5. The Kier molecular flexibility index (Phi) is 4.31. The summed E-state index contributed by atoms with van der Waals surface area (Å²) in [5.41, 5.74) is 3.44. The Morgan fingerprint density at radius 1 is 1.23 bits per heavy atom. The predicted molar refractivity (Wildman–Crippen MR) is 99.0 cm³/mol. The molecular formula is C20H15ClFN3O. The van der Waals surface area contributed by atoms with Crippen molar-refractivity contribution in [2.45, 2.75) is 12.8 Å². The number of carbonyl (C=O) groups is 1. The van der Waals surface area contributed by atoms with Crippen LogP contribution in [0.5, 0.6) is 0 Å². The lowest BCUT2D eigenvalue weighted by Crippen LogP contribution is -2.01. The highest BCUT2D eigenvalue weighted by Gasteiger charge is 2.14. The van der Waals surface area contributed by atoms with Gasteiger partial charge in [0, 0.05) is 35.0 Å². The molecule has 0 spiro atoms. The van der Waals surface area contributed by atoms with E-state index in [1.807, 2.05) is 28.8 Å². The van der Waals surface area contributed by atoms with E-state index in [2.05, 4.69) is 9.97 Å². The maximum absolute atomic E-state index is 13.8. The van der Waals surface area contributed by atoms with Crippen molar-refractivity contribution in [1.82, 2.24) is 14.4 Å². The molecular weight excluding hydrogens is 353 g/mol. The monoisotopic (exact) mass is 367 g/mol. The molecule has 0 bridgehead atoms. The Morgan fingerprint density at radius 2 is 2.12 bits per heavy atom. The lowest BCUT2D eigenvalue weighted by molar-refractivity contribution is 0.0983. The average molecular weight is 368 g/mol. The molecule has 0 atom stereocenters. The van der Waals surface area contributed by atoms with E-state index in [9.17, 15) is 9.18 Å². The van der Waals surface area contributed by atoms with E-state index in [4.69, 9.17) is 11.6 Å². The van der Waals surface area contributed by atoms with Gasteiger partial charge in [0.2, 0.25) is 0 Å².